The Morgan fingerprint density at radius 2 is 2.48 bits per heavy atom. The number of hydrogen-bond donors (Lipinski definition) is 1. The highest BCUT2D eigenvalue weighted by Crippen LogP contribution is 2.29. The second-order valence-corrected chi connectivity index (χ2v) is 6.44. The lowest BCUT2D eigenvalue weighted by atomic mass is 10.1. The highest BCUT2D eigenvalue weighted by atomic mass is 32.1. The number of nitrogens with zero attached hydrogens (tertiary/aromatic N) is 2. The van der Waals surface area contributed by atoms with Crippen molar-refractivity contribution in [1.82, 2.24) is 4.90 Å². The van der Waals surface area contributed by atoms with Gasteiger partial charge in [-0.05, 0) is 44.0 Å². The summed E-state index contributed by atoms with van der Waals surface area (Å²) in [6, 6.07) is 8.14. The number of likely N-dealkylation sites (tertiary alicyclic amines) is 1. The lowest BCUT2D eigenvalue weighted by Gasteiger charge is -2.25. The molecule has 2 atom stereocenters. The minimum atomic E-state index is -0.538. The normalized spacial score (nSPS) is 20.5. The minimum absolute atomic E-state index is 0.373. The number of nitriles is 1. The Morgan fingerprint density at radius 3 is 3.19 bits per heavy atom. The van der Waals surface area contributed by atoms with Crippen LogP contribution in [0.2, 0.25) is 0 Å². The van der Waals surface area contributed by atoms with Crippen molar-refractivity contribution in [2.24, 2.45) is 0 Å². The average molecular weight is 302 g/mol. The number of hydrogen-bond acceptors (Lipinski definition) is 5. The predicted molar refractivity (Wildman–Crippen MR) is 80.8 cm³/mol. The topological polar surface area (TPSA) is 60.4 Å². The van der Waals surface area contributed by atoms with E-state index in [1.54, 1.807) is 23.7 Å². The Balaban J connectivity index is 1.61. The maximum absolute atomic E-state index is 10.2. The van der Waals surface area contributed by atoms with Crippen LogP contribution in [-0.2, 0) is 6.54 Å². The van der Waals surface area contributed by atoms with Crippen LogP contribution in [0.3, 0.4) is 0 Å². The van der Waals surface area contributed by atoms with Gasteiger partial charge >= 0.3 is 0 Å². The van der Waals surface area contributed by atoms with E-state index in [0.717, 1.165) is 31.5 Å². The van der Waals surface area contributed by atoms with Gasteiger partial charge in [0.15, 0.2) is 0 Å². The molecule has 0 saturated carbocycles. The quantitative estimate of drug-likeness (QED) is 0.920. The van der Waals surface area contributed by atoms with E-state index < -0.39 is 6.10 Å². The summed E-state index contributed by atoms with van der Waals surface area (Å²) in [6.45, 7) is 1.91. The van der Waals surface area contributed by atoms with Gasteiger partial charge in [-0.15, -0.1) is 11.3 Å². The lowest BCUT2D eigenvalue weighted by Crippen LogP contribution is -2.30. The molecule has 0 spiro atoms. The number of aliphatic hydroxyl groups is 1. The van der Waals surface area contributed by atoms with Crippen LogP contribution in [-0.4, -0.2) is 22.6 Å². The third-order valence-corrected chi connectivity index (χ3v) is 4.93. The van der Waals surface area contributed by atoms with E-state index in [4.69, 9.17) is 9.68 Å². The molecule has 1 N–H and O–H groups in total. The zero-order valence-corrected chi connectivity index (χ0v) is 12.6. The van der Waals surface area contributed by atoms with Gasteiger partial charge in [-0.25, -0.2) is 0 Å². The first-order chi connectivity index (χ1) is 10.3. The molecular weight excluding hydrogens is 284 g/mol. The maximum atomic E-state index is 10.2. The SMILES string of the molecule is N#Cc1csc(CN2CCCC2CC(O)c2ccco2)c1. The van der Waals surface area contributed by atoms with Gasteiger partial charge in [0.1, 0.15) is 17.9 Å². The van der Waals surface area contributed by atoms with Crippen LogP contribution >= 0.6 is 11.3 Å². The Kier molecular flexibility index (Phi) is 4.39. The highest BCUT2D eigenvalue weighted by molar-refractivity contribution is 7.10. The van der Waals surface area contributed by atoms with E-state index in [1.807, 2.05) is 17.5 Å². The van der Waals surface area contributed by atoms with Gasteiger partial charge in [-0.1, -0.05) is 0 Å². The summed E-state index contributed by atoms with van der Waals surface area (Å²) >= 11 is 1.63. The number of rotatable bonds is 5. The molecule has 4 nitrogen and oxygen atoms in total. The van der Waals surface area contributed by atoms with Gasteiger partial charge in [0, 0.05) is 22.8 Å². The molecule has 3 rings (SSSR count). The summed E-state index contributed by atoms with van der Waals surface area (Å²) in [7, 11) is 0. The Bertz CT molecular complexity index is 615. The van der Waals surface area contributed by atoms with Gasteiger partial charge in [0.05, 0.1) is 11.8 Å². The summed E-state index contributed by atoms with van der Waals surface area (Å²) in [6.07, 6.45) is 4.02. The molecule has 0 radical (unpaired) electrons. The van der Waals surface area contributed by atoms with E-state index in [-0.39, 0.29) is 0 Å². The molecule has 1 fully saturated rings. The molecule has 21 heavy (non-hydrogen) atoms. The second-order valence-electron chi connectivity index (χ2n) is 5.45. The first-order valence-electron chi connectivity index (χ1n) is 7.19. The maximum Gasteiger partial charge on any atom is 0.132 e. The Morgan fingerprint density at radius 1 is 1.57 bits per heavy atom. The van der Waals surface area contributed by atoms with Gasteiger partial charge in [0.25, 0.3) is 0 Å². The number of thiophene rings is 1. The van der Waals surface area contributed by atoms with Gasteiger partial charge in [-0.2, -0.15) is 5.26 Å². The molecule has 110 valence electrons. The molecule has 0 aromatic carbocycles. The summed E-state index contributed by atoms with van der Waals surface area (Å²) in [5.41, 5.74) is 0.737. The van der Waals surface area contributed by atoms with Crippen molar-refractivity contribution in [1.29, 1.82) is 5.26 Å². The third-order valence-electron chi connectivity index (χ3n) is 4.01. The van der Waals surface area contributed by atoms with Crippen LogP contribution in [0.15, 0.2) is 34.3 Å². The van der Waals surface area contributed by atoms with Gasteiger partial charge in [0.2, 0.25) is 0 Å². The fourth-order valence-electron chi connectivity index (χ4n) is 2.95. The standard InChI is InChI=1S/C16H18N2O2S/c17-9-12-7-14(21-11-12)10-18-5-1-3-13(18)8-15(19)16-4-2-6-20-16/h2,4,6-7,11,13,15,19H,1,3,5,8,10H2. The molecular formula is C16H18N2O2S. The van der Waals surface area contributed by atoms with E-state index in [2.05, 4.69) is 11.0 Å². The van der Waals surface area contributed by atoms with Crippen molar-refractivity contribution in [3.8, 4) is 6.07 Å². The molecule has 0 amide bonds. The molecule has 2 aromatic rings. The zero-order chi connectivity index (χ0) is 14.7. The van der Waals surface area contributed by atoms with E-state index in [9.17, 15) is 5.11 Å². The molecule has 1 saturated heterocycles. The predicted octanol–water partition coefficient (Wildman–Crippen LogP) is 3.30. The first kappa shape index (κ1) is 14.3. The fraction of sp³-hybridized carbons (Fsp3) is 0.438. The smallest absolute Gasteiger partial charge is 0.132 e. The molecule has 2 unspecified atom stereocenters. The summed E-state index contributed by atoms with van der Waals surface area (Å²) in [5, 5.41) is 21.0. The van der Waals surface area contributed by atoms with Crippen molar-refractivity contribution in [2.75, 3.05) is 6.54 Å². The van der Waals surface area contributed by atoms with E-state index in [1.165, 1.54) is 4.88 Å². The second kappa shape index (κ2) is 6.44. The highest BCUT2D eigenvalue weighted by Gasteiger charge is 2.28. The van der Waals surface area contributed by atoms with Crippen LogP contribution in [0, 0.1) is 11.3 Å². The molecule has 0 aliphatic carbocycles. The molecule has 2 aromatic heterocycles. The minimum Gasteiger partial charge on any atom is -0.467 e. The number of aliphatic hydroxyl groups excluding tert-OH is 1. The summed E-state index contributed by atoms with van der Waals surface area (Å²) in [5.74, 6) is 0.643. The molecule has 5 heteroatoms. The average Bonchev–Trinajstić information content (AvgIpc) is 3.21. The van der Waals surface area contributed by atoms with Crippen LogP contribution in [0.4, 0.5) is 0 Å². The number of furan rings is 1. The zero-order valence-electron chi connectivity index (χ0n) is 11.7. The van der Waals surface area contributed by atoms with E-state index >= 15 is 0 Å². The van der Waals surface area contributed by atoms with Gasteiger partial charge in [-0.3, -0.25) is 4.90 Å². The van der Waals surface area contributed by atoms with Crippen LogP contribution in [0.25, 0.3) is 0 Å². The van der Waals surface area contributed by atoms with Crippen molar-refractivity contribution in [2.45, 2.75) is 38.0 Å². The largest absolute Gasteiger partial charge is 0.467 e. The van der Waals surface area contributed by atoms with Crippen molar-refractivity contribution < 1.29 is 9.52 Å². The third kappa shape index (κ3) is 3.35. The molecule has 1 aliphatic heterocycles. The van der Waals surface area contributed by atoms with E-state index in [0.29, 0.717) is 18.2 Å². The Labute approximate surface area is 128 Å². The molecule has 0 bridgehead atoms. The summed E-state index contributed by atoms with van der Waals surface area (Å²) < 4.78 is 5.27. The fourth-order valence-corrected chi connectivity index (χ4v) is 3.78. The first-order valence-corrected chi connectivity index (χ1v) is 8.07. The van der Waals surface area contributed by atoms with Crippen molar-refractivity contribution >= 4 is 11.3 Å². The molecule has 3 heterocycles. The van der Waals surface area contributed by atoms with Crippen LogP contribution < -0.4 is 0 Å². The van der Waals surface area contributed by atoms with Crippen LogP contribution in [0.1, 0.15) is 41.6 Å². The monoisotopic (exact) mass is 302 g/mol. The van der Waals surface area contributed by atoms with Crippen molar-refractivity contribution in [3.05, 3.63) is 46.0 Å². The summed E-state index contributed by atoms with van der Waals surface area (Å²) in [4.78, 5) is 3.62. The van der Waals surface area contributed by atoms with Gasteiger partial charge < -0.3 is 9.52 Å². The van der Waals surface area contributed by atoms with Crippen molar-refractivity contribution in [3.63, 3.8) is 0 Å². The molecule has 1 aliphatic rings. The van der Waals surface area contributed by atoms with Crippen LogP contribution in [0.5, 0.6) is 0 Å². The Hall–Kier alpha value is -1.61. The lowest BCUT2D eigenvalue weighted by molar-refractivity contribution is 0.0998.